The minimum Gasteiger partial charge on any atom is -0.393 e. The van der Waals surface area contributed by atoms with Crippen molar-refractivity contribution < 1.29 is 10.2 Å². The monoisotopic (exact) mass is 167 g/mol. The predicted octanol–water partition coefficient (Wildman–Crippen LogP) is -0.359. The molecule has 0 amide bonds. The molecule has 3 nitrogen and oxygen atoms in total. The second-order valence-corrected chi connectivity index (χ2v) is 2.77. The molecule has 1 aliphatic carbocycles. The second kappa shape index (κ2) is 4.13. The van der Waals surface area contributed by atoms with Crippen LogP contribution in [0, 0.1) is 0 Å². The van der Waals surface area contributed by atoms with E-state index in [1.807, 2.05) is 0 Å². The van der Waals surface area contributed by atoms with Gasteiger partial charge in [0.05, 0.1) is 12.2 Å². The lowest BCUT2D eigenvalue weighted by atomic mass is 9.91. The fourth-order valence-electron chi connectivity index (χ4n) is 1.30. The molecule has 0 aromatic rings. The zero-order valence-corrected chi connectivity index (χ0v) is 6.55. The fraction of sp³-hybridized carbons (Fsp3) is 1.00. The Morgan fingerprint density at radius 3 is 1.70 bits per heavy atom. The van der Waals surface area contributed by atoms with Crippen molar-refractivity contribution in [2.45, 2.75) is 37.5 Å². The molecule has 4 heteroatoms. The van der Waals surface area contributed by atoms with Gasteiger partial charge in [-0.25, -0.2) is 0 Å². The van der Waals surface area contributed by atoms with Crippen LogP contribution in [0.5, 0.6) is 0 Å². The molecule has 0 aliphatic heterocycles. The van der Waals surface area contributed by atoms with Gasteiger partial charge < -0.3 is 15.9 Å². The van der Waals surface area contributed by atoms with Gasteiger partial charge in [0.15, 0.2) is 0 Å². The summed E-state index contributed by atoms with van der Waals surface area (Å²) >= 11 is 0. The highest BCUT2D eigenvalue weighted by Crippen LogP contribution is 2.16. The lowest BCUT2D eigenvalue weighted by Gasteiger charge is -2.26. The van der Waals surface area contributed by atoms with Crippen molar-refractivity contribution in [3.05, 3.63) is 0 Å². The largest absolute Gasteiger partial charge is 0.393 e. The molecule has 1 unspecified atom stereocenters. The Kier molecular flexibility index (Phi) is 4.20. The zero-order chi connectivity index (χ0) is 6.85. The van der Waals surface area contributed by atoms with Crippen molar-refractivity contribution in [3.8, 4) is 0 Å². The van der Waals surface area contributed by atoms with E-state index < -0.39 is 0 Å². The summed E-state index contributed by atoms with van der Waals surface area (Å²) in [6.07, 6.45) is 0.995. The van der Waals surface area contributed by atoms with E-state index in [-0.39, 0.29) is 30.7 Å². The van der Waals surface area contributed by atoms with E-state index in [1.54, 1.807) is 0 Å². The SMILES string of the molecule is Cl.NC1C[C@@H](O)C[C@@H](O)C1. The fourth-order valence-corrected chi connectivity index (χ4v) is 1.30. The van der Waals surface area contributed by atoms with Gasteiger partial charge in [0.2, 0.25) is 0 Å². The van der Waals surface area contributed by atoms with E-state index in [2.05, 4.69) is 0 Å². The van der Waals surface area contributed by atoms with Crippen LogP contribution in [0.15, 0.2) is 0 Å². The van der Waals surface area contributed by atoms with Gasteiger partial charge in [0.25, 0.3) is 0 Å². The lowest BCUT2D eigenvalue weighted by molar-refractivity contribution is 0.0320. The minimum absolute atomic E-state index is 0. The van der Waals surface area contributed by atoms with Crippen LogP contribution in [0.4, 0.5) is 0 Å². The maximum atomic E-state index is 9.01. The summed E-state index contributed by atoms with van der Waals surface area (Å²) in [5.41, 5.74) is 5.50. The normalized spacial score (nSPS) is 40.5. The van der Waals surface area contributed by atoms with Gasteiger partial charge in [0.1, 0.15) is 0 Å². The Balaban J connectivity index is 0.000000810. The first kappa shape index (κ1) is 10.2. The summed E-state index contributed by atoms with van der Waals surface area (Å²) in [6, 6.07) is -0.0104. The highest BCUT2D eigenvalue weighted by molar-refractivity contribution is 5.85. The van der Waals surface area contributed by atoms with Gasteiger partial charge in [-0.2, -0.15) is 0 Å². The molecule has 0 bridgehead atoms. The highest BCUT2D eigenvalue weighted by Gasteiger charge is 2.23. The van der Waals surface area contributed by atoms with E-state index >= 15 is 0 Å². The molecule has 4 N–H and O–H groups in total. The van der Waals surface area contributed by atoms with Crippen LogP contribution in [0.2, 0.25) is 0 Å². The van der Waals surface area contributed by atoms with Crippen LogP contribution in [0.3, 0.4) is 0 Å². The summed E-state index contributed by atoms with van der Waals surface area (Å²) in [5, 5.41) is 18.0. The van der Waals surface area contributed by atoms with Crippen molar-refractivity contribution in [3.63, 3.8) is 0 Å². The van der Waals surface area contributed by atoms with E-state index in [9.17, 15) is 0 Å². The molecule has 0 saturated heterocycles. The van der Waals surface area contributed by atoms with E-state index in [0.717, 1.165) is 0 Å². The average Bonchev–Trinajstić information content (AvgIpc) is 1.59. The van der Waals surface area contributed by atoms with Crippen molar-refractivity contribution in [2.75, 3.05) is 0 Å². The molecule has 1 fully saturated rings. The molecule has 0 aromatic carbocycles. The van der Waals surface area contributed by atoms with Crippen LogP contribution in [-0.4, -0.2) is 28.5 Å². The lowest BCUT2D eigenvalue weighted by Crippen LogP contribution is -2.37. The first-order valence-electron chi connectivity index (χ1n) is 3.30. The Hall–Kier alpha value is 0.170. The third kappa shape index (κ3) is 2.84. The molecule has 1 rings (SSSR count). The molecular weight excluding hydrogens is 154 g/mol. The van der Waals surface area contributed by atoms with Crippen molar-refractivity contribution in [1.82, 2.24) is 0 Å². The van der Waals surface area contributed by atoms with Gasteiger partial charge in [0, 0.05) is 6.04 Å². The maximum Gasteiger partial charge on any atom is 0.0579 e. The number of halogens is 1. The summed E-state index contributed by atoms with van der Waals surface area (Å²) in [7, 11) is 0. The van der Waals surface area contributed by atoms with Crippen molar-refractivity contribution >= 4 is 12.4 Å². The Morgan fingerprint density at radius 1 is 1.00 bits per heavy atom. The summed E-state index contributed by atoms with van der Waals surface area (Å²) in [4.78, 5) is 0. The smallest absolute Gasteiger partial charge is 0.0579 e. The van der Waals surface area contributed by atoms with Gasteiger partial charge >= 0.3 is 0 Å². The quantitative estimate of drug-likeness (QED) is 0.462. The van der Waals surface area contributed by atoms with Crippen LogP contribution in [0.25, 0.3) is 0 Å². The molecule has 3 atom stereocenters. The third-order valence-corrected chi connectivity index (χ3v) is 1.69. The molecule has 1 aliphatic rings. The number of hydrogen-bond acceptors (Lipinski definition) is 3. The van der Waals surface area contributed by atoms with Gasteiger partial charge in [-0.15, -0.1) is 12.4 Å². The topological polar surface area (TPSA) is 66.5 Å². The average molecular weight is 168 g/mol. The first-order valence-corrected chi connectivity index (χ1v) is 3.30. The predicted molar refractivity (Wildman–Crippen MR) is 41.1 cm³/mol. The Bertz CT molecular complexity index is 76.7. The third-order valence-electron chi connectivity index (χ3n) is 1.69. The highest BCUT2D eigenvalue weighted by atomic mass is 35.5. The van der Waals surface area contributed by atoms with Gasteiger partial charge in [-0.1, -0.05) is 0 Å². The van der Waals surface area contributed by atoms with Crippen LogP contribution < -0.4 is 5.73 Å². The molecule has 0 heterocycles. The summed E-state index contributed by atoms with van der Waals surface area (Å²) < 4.78 is 0. The second-order valence-electron chi connectivity index (χ2n) is 2.77. The molecule has 1 saturated carbocycles. The van der Waals surface area contributed by atoms with E-state index in [0.29, 0.717) is 19.3 Å². The molecule has 62 valence electrons. The standard InChI is InChI=1S/C6H13NO2.ClH/c7-4-1-5(8)3-6(9)2-4;/h4-6,8-9H,1-3,7H2;1H/t4?,5-,6+;. The Labute approximate surface area is 66.6 Å². The van der Waals surface area contributed by atoms with Gasteiger partial charge in [-0.05, 0) is 19.3 Å². The maximum absolute atomic E-state index is 9.01. The van der Waals surface area contributed by atoms with Gasteiger partial charge in [-0.3, -0.25) is 0 Å². The van der Waals surface area contributed by atoms with Crippen molar-refractivity contribution in [2.24, 2.45) is 5.73 Å². The van der Waals surface area contributed by atoms with Crippen LogP contribution in [0.1, 0.15) is 19.3 Å². The van der Waals surface area contributed by atoms with E-state index in [4.69, 9.17) is 15.9 Å². The molecule has 10 heavy (non-hydrogen) atoms. The number of nitrogens with two attached hydrogens (primary N) is 1. The Morgan fingerprint density at radius 2 is 1.40 bits per heavy atom. The minimum atomic E-state index is -0.385. The summed E-state index contributed by atoms with van der Waals surface area (Å²) in [6.45, 7) is 0. The zero-order valence-electron chi connectivity index (χ0n) is 5.73. The van der Waals surface area contributed by atoms with Crippen LogP contribution >= 0.6 is 12.4 Å². The van der Waals surface area contributed by atoms with E-state index in [1.165, 1.54) is 0 Å². The molecule has 0 radical (unpaired) electrons. The first-order chi connectivity index (χ1) is 4.18. The molecule has 0 aromatic heterocycles. The number of aliphatic hydroxyl groups excluding tert-OH is 2. The number of hydrogen-bond donors (Lipinski definition) is 3. The van der Waals surface area contributed by atoms with Crippen molar-refractivity contribution in [1.29, 1.82) is 0 Å². The number of aliphatic hydroxyl groups is 2. The summed E-state index contributed by atoms with van der Waals surface area (Å²) in [5.74, 6) is 0. The number of rotatable bonds is 0. The molecule has 0 spiro atoms. The van der Waals surface area contributed by atoms with Crippen LogP contribution in [-0.2, 0) is 0 Å². The molecular formula is C6H14ClNO2.